The first-order valence-electron chi connectivity index (χ1n) is 6.61. The molecule has 0 fully saturated rings. The van der Waals surface area contributed by atoms with E-state index in [1.807, 2.05) is 19.9 Å². The van der Waals surface area contributed by atoms with Crippen molar-refractivity contribution in [2.75, 3.05) is 7.11 Å². The Morgan fingerprint density at radius 2 is 1.86 bits per heavy atom. The number of hydrogen-bond donors (Lipinski definition) is 2. The number of nitrogens with one attached hydrogen (secondary N) is 2. The minimum Gasteiger partial charge on any atom is -0.479 e. The summed E-state index contributed by atoms with van der Waals surface area (Å²) in [6, 6.07) is 6.40. The predicted octanol–water partition coefficient (Wildman–Crippen LogP) is 2.91. The number of dihydropyridines is 1. The standard InChI is InChI=1S/C15H13N5OS/c1-7-9(5-16)13(10(6-17)8(2)18-7)12-4-11-14(22-12)15(21-3)20-19-11/h4,13,18H,1-3H3,(H,19,20). The van der Waals surface area contributed by atoms with E-state index in [1.165, 1.54) is 11.3 Å². The molecule has 1 aliphatic heterocycles. The number of hydrogen-bond acceptors (Lipinski definition) is 6. The normalized spacial score (nSPS) is 15.7. The van der Waals surface area contributed by atoms with Crippen molar-refractivity contribution in [3.8, 4) is 18.0 Å². The molecule has 0 saturated carbocycles. The van der Waals surface area contributed by atoms with Crippen LogP contribution in [0.3, 0.4) is 0 Å². The Kier molecular flexibility index (Phi) is 3.36. The van der Waals surface area contributed by atoms with Gasteiger partial charge < -0.3 is 10.1 Å². The lowest BCUT2D eigenvalue weighted by molar-refractivity contribution is 0.402. The van der Waals surface area contributed by atoms with Gasteiger partial charge in [0.15, 0.2) is 0 Å². The second-order valence-electron chi connectivity index (χ2n) is 4.98. The summed E-state index contributed by atoms with van der Waals surface area (Å²) in [6.07, 6.45) is 0. The molecular formula is C15H13N5OS. The molecule has 0 bridgehead atoms. The lowest BCUT2D eigenvalue weighted by atomic mass is 9.86. The molecule has 0 atom stereocenters. The molecule has 110 valence electrons. The summed E-state index contributed by atoms with van der Waals surface area (Å²) >= 11 is 1.49. The third kappa shape index (κ3) is 1.95. The summed E-state index contributed by atoms with van der Waals surface area (Å²) in [6.45, 7) is 3.70. The maximum absolute atomic E-state index is 9.50. The van der Waals surface area contributed by atoms with Gasteiger partial charge in [-0.3, -0.25) is 5.10 Å². The first-order valence-corrected chi connectivity index (χ1v) is 7.42. The monoisotopic (exact) mass is 311 g/mol. The van der Waals surface area contributed by atoms with Crippen LogP contribution in [0, 0.1) is 22.7 Å². The van der Waals surface area contributed by atoms with E-state index in [4.69, 9.17) is 4.74 Å². The summed E-state index contributed by atoms with van der Waals surface area (Å²) < 4.78 is 6.11. The Morgan fingerprint density at radius 3 is 2.41 bits per heavy atom. The third-order valence-corrected chi connectivity index (χ3v) is 4.89. The molecule has 0 spiro atoms. The van der Waals surface area contributed by atoms with Crippen LogP contribution in [0.15, 0.2) is 28.6 Å². The van der Waals surface area contributed by atoms with Crippen molar-refractivity contribution >= 4 is 21.6 Å². The number of allylic oxidation sites excluding steroid dienone is 4. The molecule has 7 heteroatoms. The van der Waals surface area contributed by atoms with Crippen LogP contribution in [0.25, 0.3) is 10.2 Å². The quantitative estimate of drug-likeness (QED) is 0.888. The molecule has 22 heavy (non-hydrogen) atoms. The van der Waals surface area contributed by atoms with Crippen molar-refractivity contribution < 1.29 is 4.74 Å². The summed E-state index contributed by atoms with van der Waals surface area (Å²) in [4.78, 5) is 0.926. The minimum atomic E-state index is -0.341. The average Bonchev–Trinajstić information content (AvgIpc) is 3.06. The molecule has 3 heterocycles. The van der Waals surface area contributed by atoms with Gasteiger partial charge in [-0.25, -0.2) is 0 Å². The van der Waals surface area contributed by atoms with Crippen LogP contribution >= 0.6 is 11.3 Å². The molecule has 1 aliphatic rings. The highest BCUT2D eigenvalue weighted by atomic mass is 32.1. The van der Waals surface area contributed by atoms with Crippen LogP contribution in [-0.4, -0.2) is 17.3 Å². The van der Waals surface area contributed by atoms with Crippen molar-refractivity contribution in [1.82, 2.24) is 15.5 Å². The zero-order valence-electron chi connectivity index (χ0n) is 12.3. The molecule has 2 N–H and O–H groups in total. The lowest BCUT2D eigenvalue weighted by Gasteiger charge is -2.24. The summed E-state index contributed by atoms with van der Waals surface area (Å²) in [5.41, 5.74) is 3.55. The molecule has 2 aromatic heterocycles. The van der Waals surface area contributed by atoms with Crippen LogP contribution in [0.2, 0.25) is 0 Å². The first-order chi connectivity index (χ1) is 10.6. The zero-order chi connectivity index (χ0) is 15.9. The van der Waals surface area contributed by atoms with Crippen LogP contribution in [0.4, 0.5) is 0 Å². The Bertz CT molecular complexity index is 867. The molecule has 0 amide bonds. The summed E-state index contributed by atoms with van der Waals surface area (Å²) in [5.74, 6) is 0.186. The highest BCUT2D eigenvalue weighted by Crippen LogP contribution is 2.43. The predicted molar refractivity (Wildman–Crippen MR) is 83.0 cm³/mol. The van der Waals surface area contributed by atoms with E-state index in [9.17, 15) is 10.5 Å². The van der Waals surface area contributed by atoms with Crippen molar-refractivity contribution in [3.63, 3.8) is 0 Å². The number of aromatic amines is 1. The molecule has 0 unspecified atom stereocenters. The molecule has 6 nitrogen and oxygen atoms in total. The van der Waals surface area contributed by atoms with Crippen molar-refractivity contribution in [3.05, 3.63) is 33.5 Å². The van der Waals surface area contributed by atoms with Crippen molar-refractivity contribution in [1.29, 1.82) is 10.5 Å². The molecule has 0 radical (unpaired) electrons. The number of methoxy groups -OCH3 is 1. The number of nitriles is 2. The van der Waals surface area contributed by atoms with Gasteiger partial charge in [0, 0.05) is 16.3 Å². The number of nitrogens with zero attached hydrogens (tertiary/aromatic N) is 3. The average molecular weight is 311 g/mol. The Morgan fingerprint density at radius 1 is 1.23 bits per heavy atom. The molecule has 0 aromatic carbocycles. The van der Waals surface area contributed by atoms with E-state index in [2.05, 4.69) is 27.7 Å². The van der Waals surface area contributed by atoms with Gasteiger partial charge in [0.25, 0.3) is 0 Å². The summed E-state index contributed by atoms with van der Waals surface area (Å²) in [5, 5.41) is 29.1. The molecule has 2 aromatic rings. The topological polar surface area (TPSA) is 97.5 Å². The van der Waals surface area contributed by atoms with Gasteiger partial charge in [-0.2, -0.15) is 10.5 Å². The summed E-state index contributed by atoms with van der Waals surface area (Å²) in [7, 11) is 1.56. The smallest absolute Gasteiger partial charge is 0.250 e. The van der Waals surface area contributed by atoms with E-state index >= 15 is 0 Å². The van der Waals surface area contributed by atoms with Gasteiger partial charge in [-0.1, -0.05) is 0 Å². The van der Waals surface area contributed by atoms with Crippen LogP contribution in [0.1, 0.15) is 24.6 Å². The van der Waals surface area contributed by atoms with Gasteiger partial charge in [-0.05, 0) is 19.9 Å². The SMILES string of the molecule is COc1n[nH]c2cc(C3C(C#N)=C(C)NC(C)=C3C#N)sc12. The maximum Gasteiger partial charge on any atom is 0.250 e. The highest BCUT2D eigenvalue weighted by molar-refractivity contribution is 7.19. The molecule has 0 aliphatic carbocycles. The van der Waals surface area contributed by atoms with Crippen LogP contribution in [0.5, 0.6) is 5.88 Å². The van der Waals surface area contributed by atoms with Gasteiger partial charge >= 0.3 is 0 Å². The largest absolute Gasteiger partial charge is 0.479 e. The number of rotatable bonds is 2. The minimum absolute atomic E-state index is 0.341. The first kappa shape index (κ1) is 14.2. The van der Waals surface area contributed by atoms with Gasteiger partial charge in [-0.15, -0.1) is 16.4 Å². The van der Waals surface area contributed by atoms with E-state index in [0.29, 0.717) is 17.0 Å². The van der Waals surface area contributed by atoms with Crippen molar-refractivity contribution in [2.24, 2.45) is 0 Å². The van der Waals surface area contributed by atoms with Crippen molar-refractivity contribution in [2.45, 2.75) is 19.8 Å². The van der Waals surface area contributed by atoms with E-state index in [-0.39, 0.29) is 5.92 Å². The fourth-order valence-electron chi connectivity index (χ4n) is 2.67. The number of thiophene rings is 1. The zero-order valence-corrected chi connectivity index (χ0v) is 13.1. The fourth-order valence-corrected chi connectivity index (χ4v) is 3.87. The van der Waals surface area contributed by atoms with Crippen LogP contribution < -0.4 is 10.1 Å². The number of aromatic nitrogens is 2. The Hall–Kier alpha value is -2.77. The van der Waals surface area contributed by atoms with Gasteiger partial charge in [0.05, 0.1) is 41.8 Å². The maximum atomic E-state index is 9.50. The second-order valence-corrected chi connectivity index (χ2v) is 6.07. The van der Waals surface area contributed by atoms with Gasteiger partial charge in [0.1, 0.15) is 4.70 Å². The molecule has 0 saturated heterocycles. The van der Waals surface area contributed by atoms with E-state index < -0.39 is 0 Å². The number of ether oxygens (including phenoxy) is 1. The Labute approximate surface area is 131 Å². The van der Waals surface area contributed by atoms with Crippen LogP contribution in [-0.2, 0) is 0 Å². The molecular weight excluding hydrogens is 298 g/mol. The number of H-pyrrole nitrogens is 1. The third-order valence-electron chi connectivity index (χ3n) is 3.70. The molecule has 3 rings (SSSR count). The lowest BCUT2D eigenvalue weighted by Crippen LogP contribution is -2.22. The van der Waals surface area contributed by atoms with Gasteiger partial charge in [0.2, 0.25) is 5.88 Å². The highest BCUT2D eigenvalue weighted by Gasteiger charge is 2.31. The fraction of sp³-hybridized carbons (Fsp3) is 0.267. The number of fused-ring (bicyclic) bond motifs is 1. The second kappa shape index (κ2) is 5.21. The Balaban J connectivity index is 2.20. The van der Waals surface area contributed by atoms with E-state index in [1.54, 1.807) is 7.11 Å². The van der Waals surface area contributed by atoms with E-state index in [0.717, 1.165) is 26.5 Å².